The van der Waals surface area contributed by atoms with Crippen LogP contribution < -0.4 is 5.73 Å². The number of primary amides is 1. The first kappa shape index (κ1) is 14.8. The van der Waals surface area contributed by atoms with Gasteiger partial charge in [-0.25, -0.2) is 4.98 Å². The molecule has 0 aliphatic heterocycles. The number of nitrogens with zero attached hydrogens (tertiary/aromatic N) is 4. The molecule has 2 heterocycles. The molecular formula is C13H20ClN5O. The maximum Gasteiger partial charge on any atom is 0.243 e. The first-order chi connectivity index (χ1) is 9.21. The largest absolute Gasteiger partial charge is 0.368 e. The molecule has 0 spiro atoms. The minimum absolute atomic E-state index is 0.328. The number of hydrogen-bond donors (Lipinski definition) is 1. The maximum atomic E-state index is 11.8. The zero-order chi connectivity index (χ0) is 15.2. The van der Waals surface area contributed by atoms with Gasteiger partial charge in [-0.15, -0.1) is 11.6 Å². The van der Waals surface area contributed by atoms with Crippen LogP contribution in [-0.2, 0) is 23.8 Å². The van der Waals surface area contributed by atoms with Gasteiger partial charge in [0.2, 0.25) is 5.91 Å². The van der Waals surface area contributed by atoms with Gasteiger partial charge in [-0.05, 0) is 27.2 Å². The summed E-state index contributed by atoms with van der Waals surface area (Å²) in [7, 11) is 1.83. The molecule has 110 valence electrons. The van der Waals surface area contributed by atoms with Crippen molar-refractivity contribution in [2.75, 3.05) is 0 Å². The average Bonchev–Trinajstić information content (AvgIpc) is 2.87. The van der Waals surface area contributed by atoms with Crippen molar-refractivity contribution in [1.82, 2.24) is 19.3 Å². The number of carbonyl (C=O) groups is 1. The Morgan fingerprint density at radius 1 is 1.50 bits per heavy atom. The number of imidazole rings is 1. The zero-order valence-corrected chi connectivity index (χ0v) is 13.2. The number of alkyl halides is 1. The van der Waals surface area contributed by atoms with Crippen LogP contribution in [0.4, 0.5) is 0 Å². The number of nitrogens with two attached hydrogens (primary N) is 1. The van der Waals surface area contributed by atoms with Crippen LogP contribution in [0.3, 0.4) is 0 Å². The van der Waals surface area contributed by atoms with Crippen LogP contribution in [-0.4, -0.2) is 25.2 Å². The lowest BCUT2D eigenvalue weighted by atomic mass is 10.0. The molecule has 0 bridgehead atoms. The van der Waals surface area contributed by atoms with Crippen LogP contribution >= 0.6 is 11.6 Å². The van der Waals surface area contributed by atoms with Gasteiger partial charge in [0.05, 0.1) is 11.1 Å². The van der Waals surface area contributed by atoms with Gasteiger partial charge in [-0.1, -0.05) is 6.92 Å². The molecule has 0 aliphatic rings. The monoisotopic (exact) mass is 297 g/mol. The molecule has 20 heavy (non-hydrogen) atoms. The van der Waals surface area contributed by atoms with Gasteiger partial charge in [0.25, 0.3) is 0 Å². The molecule has 0 fully saturated rings. The van der Waals surface area contributed by atoms with Crippen molar-refractivity contribution in [1.29, 1.82) is 0 Å². The van der Waals surface area contributed by atoms with Gasteiger partial charge in [0.1, 0.15) is 16.9 Å². The third-order valence-electron chi connectivity index (χ3n) is 3.58. The van der Waals surface area contributed by atoms with Gasteiger partial charge in [0.15, 0.2) is 5.65 Å². The number of amides is 1. The van der Waals surface area contributed by atoms with E-state index in [0.717, 1.165) is 23.3 Å². The number of aromatic nitrogens is 4. The second-order valence-corrected chi connectivity index (χ2v) is 6.10. The van der Waals surface area contributed by atoms with E-state index in [1.165, 1.54) is 0 Å². The molecule has 0 aliphatic carbocycles. The quantitative estimate of drug-likeness (QED) is 0.875. The van der Waals surface area contributed by atoms with E-state index in [4.69, 9.17) is 17.3 Å². The molecule has 0 saturated carbocycles. The third kappa shape index (κ3) is 1.98. The molecule has 2 N–H and O–H groups in total. The number of hydrogen-bond acceptors (Lipinski definition) is 3. The van der Waals surface area contributed by atoms with Crippen molar-refractivity contribution < 1.29 is 4.79 Å². The Kier molecular flexibility index (Phi) is 3.54. The average molecular weight is 298 g/mol. The summed E-state index contributed by atoms with van der Waals surface area (Å²) in [6, 6.07) is 0. The van der Waals surface area contributed by atoms with Crippen molar-refractivity contribution in [2.45, 2.75) is 45.0 Å². The van der Waals surface area contributed by atoms with Crippen LogP contribution in [0.15, 0.2) is 0 Å². The van der Waals surface area contributed by atoms with Crippen molar-refractivity contribution in [2.24, 2.45) is 12.8 Å². The number of aryl methyl sites for hydroxylation is 2. The molecular weight excluding hydrogens is 278 g/mol. The van der Waals surface area contributed by atoms with Crippen LogP contribution in [0, 0.1) is 0 Å². The lowest BCUT2D eigenvalue weighted by Gasteiger charge is -2.26. The molecule has 0 saturated heterocycles. The summed E-state index contributed by atoms with van der Waals surface area (Å²) in [5.41, 5.74) is 7.07. The highest BCUT2D eigenvalue weighted by Gasteiger charge is 2.35. The second kappa shape index (κ2) is 4.77. The first-order valence-electron chi connectivity index (χ1n) is 6.60. The molecule has 7 heteroatoms. The predicted molar refractivity (Wildman–Crippen MR) is 78.7 cm³/mol. The van der Waals surface area contributed by atoms with Crippen LogP contribution in [0.5, 0.6) is 0 Å². The summed E-state index contributed by atoms with van der Waals surface area (Å²) < 4.78 is 3.53. The zero-order valence-electron chi connectivity index (χ0n) is 12.4. The van der Waals surface area contributed by atoms with E-state index in [1.807, 2.05) is 20.9 Å². The SMILES string of the molecule is CCc1nn(C)c2c1nc(C(C)Cl)n2C(C)(C)C(N)=O. The van der Waals surface area contributed by atoms with Gasteiger partial charge in [-0.2, -0.15) is 5.10 Å². The minimum atomic E-state index is -0.925. The fourth-order valence-electron chi connectivity index (χ4n) is 2.36. The standard InChI is InChI=1S/C13H20ClN5O/c1-6-8-9-11(18(5)17-8)19(10(16-9)7(2)14)13(3,4)12(15)20/h7H,6H2,1-5H3,(H2,15,20). The van der Waals surface area contributed by atoms with E-state index in [0.29, 0.717) is 5.82 Å². The molecule has 6 nitrogen and oxygen atoms in total. The van der Waals surface area contributed by atoms with E-state index < -0.39 is 11.4 Å². The fraction of sp³-hybridized carbons (Fsp3) is 0.615. The molecule has 2 rings (SSSR count). The molecule has 0 radical (unpaired) electrons. The Labute approximate surface area is 122 Å². The Morgan fingerprint density at radius 2 is 2.10 bits per heavy atom. The predicted octanol–water partition coefficient (Wildman–Crippen LogP) is 1.85. The highest BCUT2D eigenvalue weighted by atomic mass is 35.5. The number of halogens is 1. The van der Waals surface area contributed by atoms with E-state index >= 15 is 0 Å². The summed E-state index contributed by atoms with van der Waals surface area (Å²) in [6.07, 6.45) is 0.765. The molecule has 0 aromatic carbocycles. The molecule has 1 amide bonds. The second-order valence-electron chi connectivity index (χ2n) is 5.44. The van der Waals surface area contributed by atoms with Crippen LogP contribution in [0.1, 0.15) is 44.6 Å². The Balaban J connectivity index is 2.89. The molecule has 2 aromatic heterocycles. The van der Waals surface area contributed by atoms with Crippen molar-refractivity contribution in [3.05, 3.63) is 11.5 Å². The molecule has 2 aromatic rings. The van der Waals surface area contributed by atoms with Crippen molar-refractivity contribution in [3.8, 4) is 0 Å². The highest BCUT2D eigenvalue weighted by molar-refractivity contribution is 6.20. The first-order valence-corrected chi connectivity index (χ1v) is 7.04. The lowest BCUT2D eigenvalue weighted by Crippen LogP contribution is -2.42. The molecule has 1 atom stereocenters. The topological polar surface area (TPSA) is 78.7 Å². The number of rotatable bonds is 4. The van der Waals surface area contributed by atoms with Crippen molar-refractivity contribution in [3.63, 3.8) is 0 Å². The maximum absolute atomic E-state index is 11.8. The Bertz CT molecular complexity index is 668. The van der Waals surface area contributed by atoms with Crippen LogP contribution in [0.2, 0.25) is 0 Å². The van der Waals surface area contributed by atoms with E-state index in [1.54, 1.807) is 23.1 Å². The van der Waals surface area contributed by atoms with Crippen LogP contribution in [0.25, 0.3) is 11.2 Å². The van der Waals surface area contributed by atoms with E-state index in [-0.39, 0.29) is 5.38 Å². The fourth-order valence-corrected chi connectivity index (χ4v) is 2.51. The molecule has 1 unspecified atom stereocenters. The Hall–Kier alpha value is -1.56. The van der Waals surface area contributed by atoms with Gasteiger partial charge in [-0.3, -0.25) is 14.0 Å². The van der Waals surface area contributed by atoms with Gasteiger partial charge >= 0.3 is 0 Å². The van der Waals surface area contributed by atoms with E-state index in [2.05, 4.69) is 10.1 Å². The third-order valence-corrected chi connectivity index (χ3v) is 3.78. The van der Waals surface area contributed by atoms with Crippen molar-refractivity contribution >= 4 is 28.7 Å². The summed E-state index contributed by atoms with van der Waals surface area (Å²) in [4.78, 5) is 16.4. The lowest BCUT2D eigenvalue weighted by molar-refractivity contribution is -0.125. The van der Waals surface area contributed by atoms with Gasteiger partial charge < -0.3 is 5.73 Å². The number of fused-ring (bicyclic) bond motifs is 1. The minimum Gasteiger partial charge on any atom is -0.368 e. The smallest absolute Gasteiger partial charge is 0.243 e. The van der Waals surface area contributed by atoms with Gasteiger partial charge in [0, 0.05) is 7.05 Å². The highest BCUT2D eigenvalue weighted by Crippen LogP contribution is 2.32. The summed E-state index contributed by atoms with van der Waals surface area (Å²) in [6.45, 7) is 7.37. The van der Waals surface area contributed by atoms with E-state index in [9.17, 15) is 4.79 Å². The summed E-state index contributed by atoms with van der Waals surface area (Å²) >= 11 is 6.23. The summed E-state index contributed by atoms with van der Waals surface area (Å²) in [5.74, 6) is 0.197. The summed E-state index contributed by atoms with van der Waals surface area (Å²) in [5, 5.41) is 4.11. The Morgan fingerprint density at radius 3 is 2.55 bits per heavy atom. The normalized spacial score (nSPS) is 13.9. The number of carbonyl (C=O) groups excluding carboxylic acids is 1.